The largest absolute Gasteiger partial charge is 0.321 e. The van der Waals surface area contributed by atoms with Crippen LogP contribution in [-0.4, -0.2) is 0 Å². The summed E-state index contributed by atoms with van der Waals surface area (Å²) in [7, 11) is 4.09. The molecule has 0 saturated carbocycles. The van der Waals surface area contributed by atoms with Crippen LogP contribution in [0.5, 0.6) is 0 Å². The van der Waals surface area contributed by atoms with Gasteiger partial charge in [-0.15, -0.1) is 29.8 Å². The molecule has 0 fully saturated rings. The van der Waals surface area contributed by atoms with Gasteiger partial charge in [-0.1, -0.05) is 109 Å². The van der Waals surface area contributed by atoms with Crippen LogP contribution >= 0.6 is 0 Å². The van der Waals surface area contributed by atoms with Crippen LogP contribution in [0.1, 0.15) is 0 Å². The fourth-order valence-electron chi connectivity index (χ4n) is 4.76. The Labute approximate surface area is 238 Å². The van der Waals surface area contributed by atoms with Crippen molar-refractivity contribution >= 4 is 0 Å². The third kappa shape index (κ3) is 5.38. The van der Waals surface area contributed by atoms with Crippen LogP contribution in [0.2, 0.25) is 0 Å². The molecule has 0 amide bonds. The fraction of sp³-hybridized carbons (Fsp3) is 0. The third-order valence-corrected chi connectivity index (χ3v) is 6.74. The van der Waals surface area contributed by atoms with Crippen LogP contribution in [0.3, 0.4) is 0 Å². The summed E-state index contributed by atoms with van der Waals surface area (Å²) in [4.78, 5) is 0. The van der Waals surface area contributed by atoms with E-state index in [0.29, 0.717) is 0 Å². The molecule has 1 aromatic heterocycles. The Bertz CT molecular complexity index is 1670. The fourth-order valence-corrected chi connectivity index (χ4v) is 4.76. The van der Waals surface area contributed by atoms with Gasteiger partial charge in [-0.3, -0.25) is 0 Å². The maximum atomic E-state index is 4.09. The van der Waals surface area contributed by atoms with Gasteiger partial charge in [0.25, 0.3) is 0 Å². The molecule has 5 aromatic carbocycles. The zero-order valence-corrected chi connectivity index (χ0v) is 23.2. The second-order valence-corrected chi connectivity index (χ2v) is 9.15. The van der Waals surface area contributed by atoms with E-state index in [0.717, 1.165) is 16.8 Å². The van der Waals surface area contributed by atoms with Crippen molar-refractivity contribution in [1.29, 1.82) is 0 Å². The van der Waals surface area contributed by atoms with Gasteiger partial charge in [-0.05, 0) is 57.1 Å². The van der Waals surface area contributed by atoms with Gasteiger partial charge >= 0.3 is 0 Å². The van der Waals surface area contributed by atoms with Crippen LogP contribution in [0.4, 0.5) is 0 Å². The van der Waals surface area contributed by atoms with Crippen molar-refractivity contribution in [3.05, 3.63) is 159 Å². The Morgan fingerprint density at radius 2 is 0.921 bits per heavy atom. The van der Waals surface area contributed by atoms with Crippen molar-refractivity contribution in [1.82, 2.24) is 0 Å². The Morgan fingerprint density at radius 3 is 1.50 bits per heavy atom. The maximum Gasteiger partial charge on any atom is 0.115 e. The van der Waals surface area contributed by atoms with E-state index < -0.39 is 0 Å². The molecule has 0 bridgehead atoms. The molecule has 1 heterocycles. The number of pyridine rings is 1. The van der Waals surface area contributed by atoms with E-state index in [1.54, 1.807) is 0 Å². The Hall–Kier alpha value is -4.23. The molecule has 2 heteroatoms. The quantitative estimate of drug-likeness (QED) is 0.128. The minimum atomic E-state index is 0. The molecular formula is C36H26IrN-. The molecule has 38 heavy (non-hydrogen) atoms. The van der Waals surface area contributed by atoms with E-state index in [2.05, 4.69) is 134 Å². The summed E-state index contributed by atoms with van der Waals surface area (Å²) < 4.78 is 1.88. The van der Waals surface area contributed by atoms with Crippen LogP contribution in [0.15, 0.2) is 146 Å². The standard InChI is InChI=1S/C36H26N.Ir/c1-37-23-6-5-18-36(37)35-17-9-14-32(26-35)29-21-19-28(20-22-29)31-13-8-16-34(25-31)33-15-7-12-30(24-33)27-10-3-2-4-11-27;/h2-16,18-26H,1H2;/q-1;. The van der Waals surface area contributed by atoms with Crippen molar-refractivity contribution in [2.45, 2.75) is 0 Å². The molecule has 0 aliphatic carbocycles. The van der Waals surface area contributed by atoms with Crippen molar-refractivity contribution in [2.75, 3.05) is 0 Å². The molecular weight excluding hydrogens is 639 g/mol. The molecule has 1 nitrogen and oxygen atoms in total. The van der Waals surface area contributed by atoms with Crippen molar-refractivity contribution in [3.8, 4) is 55.8 Å². The average Bonchev–Trinajstić information content (AvgIpc) is 2.98. The first-order valence-electron chi connectivity index (χ1n) is 12.4. The SMILES string of the molecule is [CH2-][n+]1ccccc1-c1[c-]ccc(-c2ccc(-c3cccc(-c4cccc(-c5ccccc5)c4)c3)cc2)c1.[Ir]. The van der Waals surface area contributed by atoms with Gasteiger partial charge in [0.2, 0.25) is 0 Å². The van der Waals surface area contributed by atoms with E-state index in [1.807, 2.05) is 29.0 Å². The molecule has 6 rings (SSSR count). The van der Waals surface area contributed by atoms with Crippen molar-refractivity contribution in [2.24, 2.45) is 0 Å². The topological polar surface area (TPSA) is 3.88 Å². The average molecular weight is 665 g/mol. The van der Waals surface area contributed by atoms with Gasteiger partial charge in [0, 0.05) is 27.2 Å². The first kappa shape index (κ1) is 25.4. The van der Waals surface area contributed by atoms with E-state index >= 15 is 0 Å². The summed E-state index contributed by atoms with van der Waals surface area (Å²) in [5.41, 5.74) is 11.7. The molecule has 0 spiro atoms. The van der Waals surface area contributed by atoms with E-state index in [1.165, 1.54) is 38.9 Å². The summed E-state index contributed by atoms with van der Waals surface area (Å²) in [5.74, 6) is 0. The Morgan fingerprint density at radius 1 is 0.447 bits per heavy atom. The van der Waals surface area contributed by atoms with Crippen molar-refractivity contribution < 1.29 is 24.7 Å². The van der Waals surface area contributed by atoms with Crippen LogP contribution in [0.25, 0.3) is 55.8 Å². The number of rotatable bonds is 5. The molecule has 0 saturated heterocycles. The minimum absolute atomic E-state index is 0. The normalized spacial score (nSPS) is 10.5. The number of aromatic nitrogens is 1. The van der Waals surface area contributed by atoms with E-state index in [9.17, 15) is 0 Å². The zero-order valence-electron chi connectivity index (χ0n) is 20.8. The molecule has 0 aliphatic rings. The van der Waals surface area contributed by atoms with Gasteiger partial charge in [0.1, 0.15) is 5.69 Å². The molecule has 1 radical (unpaired) electrons. The monoisotopic (exact) mass is 665 g/mol. The summed E-state index contributed by atoms with van der Waals surface area (Å²) in [6.07, 6.45) is 1.96. The first-order valence-corrected chi connectivity index (χ1v) is 12.4. The zero-order chi connectivity index (χ0) is 25.0. The van der Waals surface area contributed by atoms with Crippen molar-refractivity contribution in [3.63, 3.8) is 0 Å². The predicted octanol–water partition coefficient (Wildman–Crippen LogP) is 8.75. The first-order chi connectivity index (χ1) is 18.2. The van der Waals surface area contributed by atoms with Gasteiger partial charge in [0.05, 0.1) is 6.20 Å². The van der Waals surface area contributed by atoms with Crippen LogP contribution < -0.4 is 4.57 Å². The Balaban J connectivity index is 0.00000294. The predicted molar refractivity (Wildman–Crippen MR) is 153 cm³/mol. The molecule has 0 aliphatic heterocycles. The molecule has 0 unspecified atom stereocenters. The second kappa shape index (κ2) is 11.4. The van der Waals surface area contributed by atoms with E-state index in [4.69, 9.17) is 0 Å². The number of benzene rings is 5. The number of hydrogen-bond acceptors (Lipinski definition) is 0. The number of nitrogens with zero attached hydrogens (tertiary/aromatic N) is 1. The Kier molecular flexibility index (Phi) is 7.65. The van der Waals surface area contributed by atoms with E-state index in [-0.39, 0.29) is 20.1 Å². The minimum Gasteiger partial charge on any atom is -0.321 e. The third-order valence-electron chi connectivity index (χ3n) is 6.74. The second-order valence-electron chi connectivity index (χ2n) is 9.15. The molecule has 0 atom stereocenters. The summed E-state index contributed by atoms with van der Waals surface area (Å²) >= 11 is 0. The maximum absolute atomic E-state index is 4.09. The van der Waals surface area contributed by atoms with Crippen LogP contribution in [-0.2, 0) is 20.1 Å². The number of hydrogen-bond donors (Lipinski definition) is 0. The van der Waals surface area contributed by atoms with Crippen LogP contribution in [0, 0.1) is 13.1 Å². The summed E-state index contributed by atoms with van der Waals surface area (Å²) in [5, 5.41) is 0. The summed E-state index contributed by atoms with van der Waals surface area (Å²) in [6.45, 7) is 0. The van der Waals surface area contributed by atoms with Gasteiger partial charge in [-0.2, -0.15) is 0 Å². The molecule has 0 N–H and O–H groups in total. The smallest absolute Gasteiger partial charge is 0.115 e. The van der Waals surface area contributed by atoms with Gasteiger partial charge in [-0.25, -0.2) is 0 Å². The summed E-state index contributed by atoms with van der Waals surface area (Å²) in [6, 6.07) is 52.5. The molecule has 185 valence electrons. The molecule has 6 aromatic rings. The van der Waals surface area contributed by atoms with Gasteiger partial charge in [0.15, 0.2) is 0 Å². The van der Waals surface area contributed by atoms with Gasteiger partial charge < -0.3 is 4.57 Å².